The molecule has 0 spiro atoms. The Bertz CT molecular complexity index is 928. The van der Waals surface area contributed by atoms with Crippen LogP contribution in [0.2, 0.25) is 0 Å². The van der Waals surface area contributed by atoms with E-state index < -0.39 is 6.04 Å². The molecule has 2 aromatic carbocycles. The Labute approximate surface area is 170 Å². The second kappa shape index (κ2) is 8.77. The van der Waals surface area contributed by atoms with Gasteiger partial charge >= 0.3 is 0 Å². The highest BCUT2D eigenvalue weighted by molar-refractivity contribution is 6.05. The molecule has 0 aliphatic carbocycles. The summed E-state index contributed by atoms with van der Waals surface area (Å²) in [4.78, 5) is 41.1. The number of ether oxygens (including phenoxy) is 1. The fraction of sp³-hybridized carbons (Fsp3) is 0.318. The van der Waals surface area contributed by atoms with E-state index in [0.29, 0.717) is 42.1 Å². The van der Waals surface area contributed by atoms with Crippen LogP contribution in [0.1, 0.15) is 34.1 Å². The highest BCUT2D eigenvalue weighted by atomic mass is 16.5. The predicted octanol–water partition coefficient (Wildman–Crippen LogP) is 2.32. The number of carbonyl (C=O) groups excluding carboxylic acids is 3. The fourth-order valence-electron chi connectivity index (χ4n) is 3.30. The molecule has 0 aromatic heterocycles. The van der Waals surface area contributed by atoms with E-state index in [9.17, 15) is 14.4 Å². The van der Waals surface area contributed by atoms with E-state index in [1.165, 1.54) is 0 Å². The van der Waals surface area contributed by atoms with Crippen molar-refractivity contribution in [1.29, 1.82) is 0 Å². The number of methoxy groups -OCH3 is 1. The maximum atomic E-state index is 12.8. The third-order valence-corrected chi connectivity index (χ3v) is 5.08. The molecule has 2 aromatic rings. The lowest BCUT2D eigenvalue weighted by atomic mass is 10.1. The van der Waals surface area contributed by atoms with Gasteiger partial charge in [-0.2, -0.15) is 0 Å². The van der Waals surface area contributed by atoms with E-state index in [4.69, 9.17) is 4.74 Å². The second-order valence-corrected chi connectivity index (χ2v) is 6.88. The molecule has 0 saturated carbocycles. The van der Waals surface area contributed by atoms with Gasteiger partial charge in [0.2, 0.25) is 5.91 Å². The first-order valence-corrected chi connectivity index (χ1v) is 9.57. The van der Waals surface area contributed by atoms with Crippen molar-refractivity contribution in [1.82, 2.24) is 10.2 Å². The summed E-state index contributed by atoms with van der Waals surface area (Å²) in [5, 5.41) is 2.80. The molecular formula is C22H25N3O4. The zero-order valence-corrected chi connectivity index (χ0v) is 16.8. The van der Waals surface area contributed by atoms with Gasteiger partial charge in [-0.15, -0.1) is 0 Å². The number of nitrogens with zero attached hydrogens (tertiary/aromatic N) is 2. The lowest BCUT2D eigenvalue weighted by molar-refractivity contribution is -0.118. The first-order valence-electron chi connectivity index (χ1n) is 9.57. The Morgan fingerprint density at radius 3 is 2.62 bits per heavy atom. The van der Waals surface area contributed by atoms with E-state index in [2.05, 4.69) is 5.32 Å². The van der Waals surface area contributed by atoms with E-state index in [-0.39, 0.29) is 17.7 Å². The van der Waals surface area contributed by atoms with Crippen molar-refractivity contribution >= 4 is 23.4 Å². The first kappa shape index (κ1) is 20.4. The highest BCUT2D eigenvalue weighted by Gasteiger charge is 2.35. The van der Waals surface area contributed by atoms with Gasteiger partial charge in [-0.05, 0) is 43.7 Å². The van der Waals surface area contributed by atoms with Crippen LogP contribution in [0.5, 0.6) is 5.75 Å². The van der Waals surface area contributed by atoms with Crippen LogP contribution in [0.15, 0.2) is 48.5 Å². The zero-order chi connectivity index (χ0) is 21.0. The maximum absolute atomic E-state index is 12.8. The molecule has 3 rings (SSSR count). The Balaban J connectivity index is 1.72. The molecular weight excluding hydrogens is 370 g/mol. The summed E-state index contributed by atoms with van der Waals surface area (Å²) in [7, 11) is 3.27. The van der Waals surface area contributed by atoms with Crippen LogP contribution in [0.25, 0.3) is 0 Å². The van der Waals surface area contributed by atoms with Crippen LogP contribution in [-0.2, 0) is 4.79 Å². The monoisotopic (exact) mass is 395 g/mol. The number of amides is 3. The number of benzene rings is 2. The van der Waals surface area contributed by atoms with Gasteiger partial charge < -0.3 is 19.9 Å². The van der Waals surface area contributed by atoms with Crippen LogP contribution in [0.4, 0.5) is 5.69 Å². The number of anilines is 1. The molecule has 29 heavy (non-hydrogen) atoms. The van der Waals surface area contributed by atoms with Gasteiger partial charge in [-0.25, -0.2) is 0 Å². The Kier molecular flexibility index (Phi) is 6.16. The molecule has 0 radical (unpaired) electrons. The van der Waals surface area contributed by atoms with Gasteiger partial charge in [0, 0.05) is 31.3 Å². The van der Waals surface area contributed by atoms with Crippen molar-refractivity contribution in [2.24, 2.45) is 0 Å². The summed E-state index contributed by atoms with van der Waals surface area (Å²) in [6.45, 7) is 2.95. The molecule has 7 nitrogen and oxygen atoms in total. The minimum atomic E-state index is -0.620. The van der Waals surface area contributed by atoms with Crippen LogP contribution in [0.3, 0.4) is 0 Å². The summed E-state index contributed by atoms with van der Waals surface area (Å²) < 4.78 is 5.34. The third kappa shape index (κ3) is 4.23. The molecule has 0 bridgehead atoms. The smallest absolute Gasteiger partial charge is 0.253 e. The standard InChI is InChI=1S/C22H25N3O4/c1-4-24(2)21(27)16-9-7-8-15(14-16)20(26)23-17-12-13-25(22(17)28)18-10-5-6-11-19(18)29-3/h5-11,14,17H,4,12-13H2,1-3H3,(H,23,26). The molecule has 3 amide bonds. The van der Waals surface area contributed by atoms with E-state index >= 15 is 0 Å². The van der Waals surface area contributed by atoms with E-state index in [0.717, 1.165) is 0 Å². The molecule has 152 valence electrons. The largest absolute Gasteiger partial charge is 0.495 e. The maximum Gasteiger partial charge on any atom is 0.253 e. The summed E-state index contributed by atoms with van der Waals surface area (Å²) in [6, 6.07) is 13.2. The van der Waals surface area contributed by atoms with E-state index in [1.807, 2.05) is 25.1 Å². The predicted molar refractivity (Wildman–Crippen MR) is 110 cm³/mol. The van der Waals surface area contributed by atoms with Gasteiger partial charge in [0.1, 0.15) is 11.8 Å². The molecule has 1 unspecified atom stereocenters. The first-order chi connectivity index (χ1) is 14.0. The summed E-state index contributed by atoms with van der Waals surface area (Å²) in [5.41, 5.74) is 1.48. The van der Waals surface area contributed by atoms with Crippen LogP contribution >= 0.6 is 0 Å². The molecule has 1 aliphatic heterocycles. The molecule has 7 heteroatoms. The molecule has 1 aliphatic rings. The van der Waals surface area contributed by atoms with Crippen molar-refractivity contribution < 1.29 is 19.1 Å². The van der Waals surface area contributed by atoms with Gasteiger partial charge in [0.05, 0.1) is 12.8 Å². The van der Waals surface area contributed by atoms with Gasteiger partial charge in [-0.1, -0.05) is 18.2 Å². The topological polar surface area (TPSA) is 79.0 Å². The lowest BCUT2D eigenvalue weighted by Gasteiger charge is -2.20. The average Bonchev–Trinajstić information content (AvgIpc) is 3.12. The highest BCUT2D eigenvalue weighted by Crippen LogP contribution is 2.31. The number of carbonyl (C=O) groups is 3. The van der Waals surface area contributed by atoms with Gasteiger partial charge in [0.25, 0.3) is 11.8 Å². The number of hydrogen-bond acceptors (Lipinski definition) is 4. The normalized spacial score (nSPS) is 15.9. The second-order valence-electron chi connectivity index (χ2n) is 6.88. The number of para-hydroxylation sites is 2. The van der Waals surface area contributed by atoms with Crippen molar-refractivity contribution in [2.45, 2.75) is 19.4 Å². The third-order valence-electron chi connectivity index (χ3n) is 5.08. The Hall–Kier alpha value is -3.35. The quantitative estimate of drug-likeness (QED) is 0.814. The SMILES string of the molecule is CCN(C)C(=O)c1cccc(C(=O)NC2CCN(c3ccccc3OC)C2=O)c1. The zero-order valence-electron chi connectivity index (χ0n) is 16.8. The van der Waals surface area contributed by atoms with Crippen LogP contribution in [-0.4, -0.2) is 55.9 Å². The average molecular weight is 395 g/mol. The lowest BCUT2D eigenvalue weighted by Crippen LogP contribution is -2.41. The van der Waals surface area contributed by atoms with Crippen molar-refractivity contribution in [3.05, 3.63) is 59.7 Å². The van der Waals surface area contributed by atoms with Crippen molar-refractivity contribution in [2.75, 3.05) is 32.1 Å². The van der Waals surface area contributed by atoms with E-state index in [1.54, 1.807) is 54.3 Å². The molecule has 1 atom stereocenters. The minimum Gasteiger partial charge on any atom is -0.495 e. The van der Waals surface area contributed by atoms with Crippen LogP contribution in [0, 0.1) is 0 Å². The number of nitrogens with one attached hydrogen (secondary N) is 1. The summed E-state index contributed by atoms with van der Waals surface area (Å²) >= 11 is 0. The molecule has 1 heterocycles. The van der Waals surface area contributed by atoms with Crippen molar-refractivity contribution in [3.63, 3.8) is 0 Å². The summed E-state index contributed by atoms with van der Waals surface area (Å²) in [6.07, 6.45) is 0.500. The van der Waals surface area contributed by atoms with Crippen LogP contribution < -0.4 is 15.0 Å². The Morgan fingerprint density at radius 1 is 1.17 bits per heavy atom. The molecule has 1 fully saturated rings. The number of rotatable bonds is 6. The Morgan fingerprint density at radius 2 is 1.90 bits per heavy atom. The fourth-order valence-corrected chi connectivity index (χ4v) is 3.30. The van der Waals surface area contributed by atoms with Gasteiger partial charge in [-0.3, -0.25) is 14.4 Å². The van der Waals surface area contributed by atoms with Crippen molar-refractivity contribution in [3.8, 4) is 5.75 Å². The minimum absolute atomic E-state index is 0.151. The summed E-state index contributed by atoms with van der Waals surface area (Å²) in [5.74, 6) is -0.0969. The number of hydrogen-bond donors (Lipinski definition) is 1. The van der Waals surface area contributed by atoms with Gasteiger partial charge in [0.15, 0.2) is 0 Å². The molecule has 1 saturated heterocycles. The molecule has 1 N–H and O–H groups in total.